The molecule has 0 aliphatic rings. The van der Waals surface area contributed by atoms with Crippen molar-refractivity contribution in [1.82, 2.24) is 0 Å². The fourth-order valence-corrected chi connectivity index (χ4v) is 2.15. The molecule has 3 nitrogen and oxygen atoms in total. The van der Waals surface area contributed by atoms with E-state index in [9.17, 15) is 4.39 Å². The predicted octanol–water partition coefficient (Wildman–Crippen LogP) is 2.50. The summed E-state index contributed by atoms with van der Waals surface area (Å²) >= 11 is 3.25. The number of rotatable bonds is 4. The summed E-state index contributed by atoms with van der Waals surface area (Å²) in [5.74, 6) is -0.169. The van der Waals surface area contributed by atoms with E-state index in [4.69, 9.17) is 15.2 Å². The summed E-state index contributed by atoms with van der Waals surface area (Å²) in [5, 5.41) is 0. The van der Waals surface area contributed by atoms with Crippen LogP contribution in [0.25, 0.3) is 0 Å². The quantitative estimate of drug-likeness (QED) is 0.927. The molecule has 0 fully saturated rings. The van der Waals surface area contributed by atoms with Gasteiger partial charge in [-0.2, -0.15) is 4.39 Å². The van der Waals surface area contributed by atoms with Crippen molar-refractivity contribution in [1.29, 1.82) is 0 Å². The van der Waals surface area contributed by atoms with E-state index in [0.717, 1.165) is 5.56 Å². The monoisotopic (exact) mass is 291 g/mol. The lowest BCUT2D eigenvalue weighted by molar-refractivity contribution is 0.345. The Morgan fingerprint density at radius 1 is 1.38 bits per heavy atom. The summed E-state index contributed by atoms with van der Waals surface area (Å²) in [7, 11) is 2.84. The topological polar surface area (TPSA) is 44.5 Å². The largest absolute Gasteiger partial charge is 0.493 e. The third-order valence-corrected chi connectivity index (χ3v) is 2.75. The minimum Gasteiger partial charge on any atom is -0.493 e. The summed E-state index contributed by atoms with van der Waals surface area (Å²) in [5.41, 5.74) is 6.42. The molecule has 0 heterocycles. The van der Waals surface area contributed by atoms with Gasteiger partial charge in [0.05, 0.1) is 18.7 Å². The smallest absolute Gasteiger partial charge is 0.208 e. The summed E-state index contributed by atoms with van der Waals surface area (Å²) < 4.78 is 24.5. The number of ether oxygens (including phenoxy) is 2. The molecular formula is C11H15BrFNO2. The van der Waals surface area contributed by atoms with E-state index >= 15 is 0 Å². The van der Waals surface area contributed by atoms with Crippen molar-refractivity contribution >= 4 is 15.9 Å². The van der Waals surface area contributed by atoms with E-state index in [1.54, 1.807) is 6.07 Å². The molecule has 0 bridgehead atoms. The number of halogens is 2. The van der Waals surface area contributed by atoms with Crippen LogP contribution < -0.4 is 15.2 Å². The molecule has 0 spiro atoms. The molecule has 5 heteroatoms. The first-order valence-corrected chi connectivity index (χ1v) is 5.65. The van der Waals surface area contributed by atoms with Crippen LogP contribution in [0, 0.1) is 5.82 Å². The zero-order valence-electron chi connectivity index (χ0n) is 9.51. The Morgan fingerprint density at radius 3 is 2.38 bits per heavy atom. The molecule has 0 aliphatic carbocycles. The van der Waals surface area contributed by atoms with Gasteiger partial charge >= 0.3 is 0 Å². The molecular weight excluding hydrogens is 277 g/mol. The number of hydrogen-bond donors (Lipinski definition) is 1. The SMILES string of the molecule is COc1c(Br)cc(CC(C)N)c(OC)c1F. The van der Waals surface area contributed by atoms with Gasteiger partial charge < -0.3 is 15.2 Å². The van der Waals surface area contributed by atoms with Crippen molar-refractivity contribution in [3.8, 4) is 11.5 Å². The summed E-state index contributed by atoms with van der Waals surface area (Å²) in [4.78, 5) is 0. The number of nitrogens with two attached hydrogens (primary N) is 1. The molecule has 2 N–H and O–H groups in total. The Balaban J connectivity index is 3.29. The maximum absolute atomic E-state index is 13.9. The fourth-order valence-electron chi connectivity index (χ4n) is 1.54. The summed E-state index contributed by atoms with van der Waals surface area (Å²) in [6, 6.07) is 1.71. The van der Waals surface area contributed by atoms with Gasteiger partial charge in [-0.05, 0) is 35.3 Å². The average Bonchev–Trinajstić information content (AvgIpc) is 2.17. The van der Waals surface area contributed by atoms with E-state index in [0.29, 0.717) is 10.9 Å². The van der Waals surface area contributed by atoms with Crippen LogP contribution in [0.5, 0.6) is 11.5 Å². The molecule has 1 aromatic rings. The van der Waals surface area contributed by atoms with Crippen molar-refractivity contribution < 1.29 is 13.9 Å². The van der Waals surface area contributed by atoms with Crippen molar-refractivity contribution in [2.24, 2.45) is 5.73 Å². The molecule has 0 saturated heterocycles. The van der Waals surface area contributed by atoms with Crippen LogP contribution in [0.2, 0.25) is 0 Å². The van der Waals surface area contributed by atoms with Gasteiger partial charge in [-0.3, -0.25) is 0 Å². The predicted molar refractivity (Wildman–Crippen MR) is 64.6 cm³/mol. The van der Waals surface area contributed by atoms with Crippen molar-refractivity contribution in [3.05, 3.63) is 21.9 Å². The minimum absolute atomic E-state index is 0.0615. The average molecular weight is 292 g/mol. The van der Waals surface area contributed by atoms with Gasteiger partial charge in [0.25, 0.3) is 0 Å². The molecule has 0 radical (unpaired) electrons. The fraction of sp³-hybridized carbons (Fsp3) is 0.455. The molecule has 90 valence electrons. The van der Waals surface area contributed by atoms with Gasteiger partial charge in [0.15, 0.2) is 11.5 Å². The Kier molecular flexibility index (Phi) is 4.56. The Hall–Kier alpha value is -0.810. The number of benzene rings is 1. The van der Waals surface area contributed by atoms with Crippen molar-refractivity contribution in [3.63, 3.8) is 0 Å². The zero-order chi connectivity index (χ0) is 12.3. The third kappa shape index (κ3) is 2.65. The van der Waals surface area contributed by atoms with Crippen molar-refractivity contribution in [2.75, 3.05) is 14.2 Å². The van der Waals surface area contributed by atoms with Crippen LogP contribution in [0.4, 0.5) is 4.39 Å². The summed E-state index contributed by atoms with van der Waals surface area (Å²) in [6.45, 7) is 1.86. The van der Waals surface area contributed by atoms with Gasteiger partial charge in [0.1, 0.15) is 0 Å². The van der Waals surface area contributed by atoms with E-state index in [1.165, 1.54) is 14.2 Å². The van der Waals surface area contributed by atoms with E-state index in [2.05, 4.69) is 15.9 Å². The lowest BCUT2D eigenvalue weighted by Crippen LogP contribution is -2.18. The maximum atomic E-state index is 13.9. The molecule has 0 aromatic heterocycles. The van der Waals surface area contributed by atoms with E-state index < -0.39 is 5.82 Å². The summed E-state index contributed by atoms with van der Waals surface area (Å²) in [6.07, 6.45) is 0.544. The van der Waals surface area contributed by atoms with Gasteiger partial charge in [-0.25, -0.2) is 0 Å². The van der Waals surface area contributed by atoms with Crippen LogP contribution in [0.3, 0.4) is 0 Å². The molecule has 1 rings (SSSR count). The van der Waals surface area contributed by atoms with Crippen molar-refractivity contribution in [2.45, 2.75) is 19.4 Å². The van der Waals surface area contributed by atoms with Gasteiger partial charge in [0.2, 0.25) is 5.82 Å². The molecule has 1 aromatic carbocycles. The van der Waals surface area contributed by atoms with Gasteiger partial charge in [-0.15, -0.1) is 0 Å². The van der Waals surface area contributed by atoms with Crippen LogP contribution in [-0.4, -0.2) is 20.3 Å². The molecule has 1 unspecified atom stereocenters. The zero-order valence-corrected chi connectivity index (χ0v) is 11.1. The second-order valence-corrected chi connectivity index (χ2v) is 4.43. The Bertz CT molecular complexity index is 383. The highest BCUT2D eigenvalue weighted by Gasteiger charge is 2.19. The van der Waals surface area contributed by atoms with Gasteiger partial charge in [-0.1, -0.05) is 0 Å². The van der Waals surface area contributed by atoms with Gasteiger partial charge in [0, 0.05) is 11.6 Å². The highest BCUT2D eigenvalue weighted by molar-refractivity contribution is 9.10. The van der Waals surface area contributed by atoms with Crippen LogP contribution in [-0.2, 0) is 6.42 Å². The normalized spacial score (nSPS) is 12.4. The number of hydrogen-bond acceptors (Lipinski definition) is 3. The molecule has 0 aliphatic heterocycles. The van der Waals surface area contributed by atoms with E-state index in [-0.39, 0.29) is 17.5 Å². The number of methoxy groups -OCH3 is 2. The molecule has 0 amide bonds. The maximum Gasteiger partial charge on any atom is 0.208 e. The van der Waals surface area contributed by atoms with E-state index in [1.807, 2.05) is 6.92 Å². The molecule has 1 atom stereocenters. The van der Waals surface area contributed by atoms with Crippen LogP contribution in [0.15, 0.2) is 10.5 Å². The Morgan fingerprint density at radius 2 is 1.94 bits per heavy atom. The highest BCUT2D eigenvalue weighted by Crippen LogP contribution is 2.37. The first-order valence-electron chi connectivity index (χ1n) is 4.85. The first-order chi connectivity index (χ1) is 7.51. The Labute approximate surface area is 103 Å². The highest BCUT2D eigenvalue weighted by atomic mass is 79.9. The van der Waals surface area contributed by atoms with Crippen LogP contribution in [0.1, 0.15) is 12.5 Å². The molecule has 0 saturated carbocycles. The van der Waals surface area contributed by atoms with Crippen LogP contribution >= 0.6 is 15.9 Å². The first kappa shape index (κ1) is 13.3. The molecule has 16 heavy (non-hydrogen) atoms. The minimum atomic E-state index is -0.505. The second-order valence-electron chi connectivity index (χ2n) is 3.58. The lowest BCUT2D eigenvalue weighted by atomic mass is 10.1. The lowest BCUT2D eigenvalue weighted by Gasteiger charge is -2.15. The third-order valence-electron chi connectivity index (χ3n) is 2.16. The standard InChI is InChI=1S/C11H15BrFNO2/c1-6(14)4-7-5-8(12)11(16-3)9(13)10(7)15-2/h5-6H,4,14H2,1-3H3. The second kappa shape index (κ2) is 5.50.